The molecule has 1 fully saturated rings. The highest BCUT2D eigenvalue weighted by molar-refractivity contribution is 5.95. The average molecular weight is 369 g/mol. The van der Waals surface area contributed by atoms with Crippen molar-refractivity contribution in [2.24, 2.45) is 0 Å². The number of hydrogen-bond donors (Lipinski definition) is 0. The second-order valence-electron chi connectivity index (χ2n) is 7.14. The summed E-state index contributed by atoms with van der Waals surface area (Å²) in [5.41, 5.74) is 3.17. The third-order valence-electron chi connectivity index (χ3n) is 5.53. The number of halogens is 1. The number of carbonyl (C=O) groups excluding carboxylic acids is 1. The highest BCUT2D eigenvalue weighted by atomic mass is 19.1. The molecule has 0 N–H and O–H groups in total. The summed E-state index contributed by atoms with van der Waals surface area (Å²) < 4.78 is 21.4. The predicted octanol–water partition coefficient (Wildman–Crippen LogP) is 3.61. The van der Waals surface area contributed by atoms with Crippen molar-refractivity contribution in [3.05, 3.63) is 59.2 Å². The highest BCUT2D eigenvalue weighted by Gasteiger charge is 2.26. The number of nitrogens with zero attached hydrogens (tertiary/aromatic N) is 3. The molecule has 0 atom stereocenters. The van der Waals surface area contributed by atoms with Crippen LogP contribution in [0.5, 0.6) is 0 Å². The standard InChI is InChI=1S/C21H24FN3O2/c1-15-19(14-23-25(15)17-8-12-27-13-9-17)21(26)24-10-6-16(7-11-24)18-4-2-3-5-20(18)22/h2-6,14,17H,7-13H2,1H3. The molecule has 0 bridgehead atoms. The first kappa shape index (κ1) is 17.9. The lowest BCUT2D eigenvalue weighted by atomic mass is 9.98. The molecule has 2 aromatic rings. The normalized spacial score (nSPS) is 18.4. The van der Waals surface area contributed by atoms with E-state index in [9.17, 15) is 9.18 Å². The summed E-state index contributed by atoms with van der Waals surface area (Å²) in [4.78, 5) is 14.8. The Balaban J connectivity index is 1.48. The zero-order valence-corrected chi connectivity index (χ0v) is 15.5. The van der Waals surface area contributed by atoms with E-state index < -0.39 is 0 Å². The SMILES string of the molecule is Cc1c(C(=O)N2CC=C(c3ccccc3F)CC2)cnn1C1CCOCC1. The van der Waals surface area contributed by atoms with E-state index in [1.54, 1.807) is 18.3 Å². The monoisotopic (exact) mass is 369 g/mol. The topological polar surface area (TPSA) is 47.4 Å². The lowest BCUT2D eigenvalue weighted by molar-refractivity contribution is 0.0655. The van der Waals surface area contributed by atoms with Gasteiger partial charge in [0, 0.05) is 37.6 Å². The Morgan fingerprint density at radius 3 is 2.74 bits per heavy atom. The van der Waals surface area contributed by atoms with Crippen LogP contribution in [0.3, 0.4) is 0 Å². The van der Waals surface area contributed by atoms with Gasteiger partial charge < -0.3 is 9.64 Å². The van der Waals surface area contributed by atoms with Gasteiger partial charge in [-0.3, -0.25) is 9.48 Å². The molecule has 3 heterocycles. The van der Waals surface area contributed by atoms with Gasteiger partial charge in [0.1, 0.15) is 5.82 Å². The van der Waals surface area contributed by atoms with Gasteiger partial charge in [-0.25, -0.2) is 4.39 Å². The average Bonchev–Trinajstić information content (AvgIpc) is 3.10. The largest absolute Gasteiger partial charge is 0.381 e. The second kappa shape index (κ2) is 7.64. The third kappa shape index (κ3) is 3.54. The number of carbonyl (C=O) groups is 1. The van der Waals surface area contributed by atoms with Crippen LogP contribution in [0.1, 0.15) is 46.9 Å². The zero-order chi connectivity index (χ0) is 18.8. The number of hydrogen-bond acceptors (Lipinski definition) is 3. The van der Waals surface area contributed by atoms with Crippen LogP contribution in [0.25, 0.3) is 5.57 Å². The van der Waals surface area contributed by atoms with Crippen LogP contribution in [0.15, 0.2) is 36.5 Å². The molecule has 0 saturated carbocycles. The molecule has 1 aromatic heterocycles. The van der Waals surface area contributed by atoms with Gasteiger partial charge in [0.05, 0.1) is 17.8 Å². The lowest BCUT2D eigenvalue weighted by Gasteiger charge is -2.27. The van der Waals surface area contributed by atoms with Crippen molar-refractivity contribution < 1.29 is 13.9 Å². The minimum absolute atomic E-state index is 0.00496. The molecular formula is C21H24FN3O2. The van der Waals surface area contributed by atoms with Gasteiger partial charge >= 0.3 is 0 Å². The van der Waals surface area contributed by atoms with Gasteiger partial charge in [-0.2, -0.15) is 5.10 Å². The summed E-state index contributed by atoms with van der Waals surface area (Å²) in [7, 11) is 0. The molecular weight excluding hydrogens is 345 g/mol. The molecule has 0 spiro atoms. The first-order valence-corrected chi connectivity index (χ1v) is 9.50. The van der Waals surface area contributed by atoms with Gasteiger partial charge in [0.2, 0.25) is 0 Å². The van der Waals surface area contributed by atoms with Gasteiger partial charge in [-0.1, -0.05) is 24.3 Å². The Morgan fingerprint density at radius 1 is 1.26 bits per heavy atom. The lowest BCUT2D eigenvalue weighted by Crippen LogP contribution is -2.35. The van der Waals surface area contributed by atoms with Gasteiger partial charge in [-0.05, 0) is 37.8 Å². The maximum atomic E-state index is 14.0. The number of aromatic nitrogens is 2. The minimum Gasteiger partial charge on any atom is -0.381 e. The van der Waals surface area contributed by atoms with E-state index in [1.165, 1.54) is 6.07 Å². The van der Waals surface area contributed by atoms with E-state index in [0.29, 0.717) is 36.7 Å². The van der Waals surface area contributed by atoms with E-state index in [1.807, 2.05) is 28.6 Å². The maximum absolute atomic E-state index is 14.0. The van der Waals surface area contributed by atoms with Crippen LogP contribution in [-0.2, 0) is 4.74 Å². The number of amides is 1. The molecule has 2 aliphatic heterocycles. The van der Waals surface area contributed by atoms with Crippen LogP contribution in [0.2, 0.25) is 0 Å². The van der Waals surface area contributed by atoms with Gasteiger partial charge in [-0.15, -0.1) is 0 Å². The Bertz CT molecular complexity index is 868. The van der Waals surface area contributed by atoms with Crippen molar-refractivity contribution in [1.29, 1.82) is 0 Å². The Morgan fingerprint density at radius 2 is 2.04 bits per heavy atom. The van der Waals surface area contributed by atoms with Crippen molar-refractivity contribution in [3.8, 4) is 0 Å². The van der Waals surface area contributed by atoms with Gasteiger partial charge in [0.15, 0.2) is 0 Å². The van der Waals surface area contributed by atoms with Crippen molar-refractivity contribution in [1.82, 2.24) is 14.7 Å². The summed E-state index contributed by atoms with van der Waals surface area (Å²) in [6.45, 7) is 4.51. The number of benzene rings is 1. The molecule has 1 aromatic carbocycles. The fraction of sp³-hybridized carbons (Fsp3) is 0.429. The van der Waals surface area contributed by atoms with E-state index in [4.69, 9.17) is 4.74 Å². The molecule has 5 nitrogen and oxygen atoms in total. The molecule has 0 aliphatic carbocycles. The first-order valence-electron chi connectivity index (χ1n) is 9.50. The summed E-state index contributed by atoms with van der Waals surface area (Å²) in [5.74, 6) is -0.216. The van der Waals surface area contributed by atoms with E-state index >= 15 is 0 Å². The smallest absolute Gasteiger partial charge is 0.257 e. The van der Waals surface area contributed by atoms with E-state index in [2.05, 4.69) is 5.10 Å². The predicted molar refractivity (Wildman–Crippen MR) is 101 cm³/mol. The van der Waals surface area contributed by atoms with Crippen molar-refractivity contribution >= 4 is 11.5 Å². The number of ether oxygens (including phenoxy) is 1. The van der Waals surface area contributed by atoms with Crippen LogP contribution in [0.4, 0.5) is 4.39 Å². The van der Waals surface area contributed by atoms with E-state index in [-0.39, 0.29) is 11.7 Å². The Hall–Kier alpha value is -2.47. The molecule has 1 amide bonds. The fourth-order valence-corrected chi connectivity index (χ4v) is 3.92. The van der Waals surface area contributed by atoms with Crippen LogP contribution in [-0.4, -0.2) is 46.9 Å². The van der Waals surface area contributed by atoms with Crippen LogP contribution in [0, 0.1) is 12.7 Å². The quantitative estimate of drug-likeness (QED) is 0.830. The molecule has 1 saturated heterocycles. The highest BCUT2D eigenvalue weighted by Crippen LogP contribution is 2.27. The fourth-order valence-electron chi connectivity index (χ4n) is 3.92. The maximum Gasteiger partial charge on any atom is 0.257 e. The van der Waals surface area contributed by atoms with Gasteiger partial charge in [0.25, 0.3) is 5.91 Å². The van der Waals surface area contributed by atoms with Crippen molar-refractivity contribution in [2.45, 2.75) is 32.2 Å². The molecule has 0 radical (unpaired) electrons. The summed E-state index contributed by atoms with van der Waals surface area (Å²) >= 11 is 0. The van der Waals surface area contributed by atoms with Crippen LogP contribution >= 0.6 is 0 Å². The zero-order valence-electron chi connectivity index (χ0n) is 15.5. The summed E-state index contributed by atoms with van der Waals surface area (Å²) in [5, 5.41) is 4.48. The number of rotatable bonds is 3. The molecule has 2 aliphatic rings. The molecule has 0 unspecified atom stereocenters. The van der Waals surface area contributed by atoms with Crippen molar-refractivity contribution in [3.63, 3.8) is 0 Å². The molecule has 27 heavy (non-hydrogen) atoms. The minimum atomic E-state index is -0.211. The summed E-state index contributed by atoms with van der Waals surface area (Å²) in [6.07, 6.45) is 6.14. The van der Waals surface area contributed by atoms with Crippen LogP contribution < -0.4 is 0 Å². The Labute approximate surface area is 158 Å². The van der Waals surface area contributed by atoms with Crippen molar-refractivity contribution in [2.75, 3.05) is 26.3 Å². The Kier molecular flexibility index (Phi) is 5.07. The molecule has 6 heteroatoms. The van der Waals surface area contributed by atoms with E-state index in [0.717, 1.165) is 37.3 Å². The molecule has 4 rings (SSSR count). The first-order chi connectivity index (χ1) is 13.1. The summed E-state index contributed by atoms with van der Waals surface area (Å²) in [6, 6.07) is 7.10. The molecule has 142 valence electrons. The second-order valence-corrected chi connectivity index (χ2v) is 7.14. The third-order valence-corrected chi connectivity index (χ3v) is 5.53.